The smallest absolute Gasteiger partial charge is 0.0619 e. The highest BCUT2D eigenvalue weighted by molar-refractivity contribution is 4.28. The minimum absolute atomic E-state index is 0.610. The Hall–Kier alpha value is -1.60. The van der Waals surface area contributed by atoms with Crippen LogP contribution in [-0.2, 0) is 0 Å². The van der Waals surface area contributed by atoms with Gasteiger partial charge in [0.25, 0.3) is 0 Å². The molecule has 0 bridgehead atoms. The first-order chi connectivity index (χ1) is 5.41. The standard InChI is InChI=1S/C3H8N8/c1-2-3-5-7-9-11-10-8-6-4/h4H,2-3H2,1H3. The number of hydrogen-bond donors (Lipinski definition) is 1. The van der Waals surface area contributed by atoms with E-state index in [0.717, 1.165) is 6.42 Å². The van der Waals surface area contributed by atoms with Crippen molar-refractivity contribution in [1.82, 2.24) is 0 Å². The molecule has 0 saturated carbocycles. The number of nitrogens with zero attached hydrogens (tertiary/aromatic N) is 7. The number of rotatable bonds is 5. The molecule has 0 spiro atoms. The Morgan fingerprint density at radius 3 is 2.27 bits per heavy atom. The normalized spacial score (nSPS) is 12.1. The Kier molecular flexibility index (Phi) is 7.18. The molecule has 0 aromatic heterocycles. The van der Waals surface area contributed by atoms with E-state index in [1.807, 2.05) is 6.92 Å². The van der Waals surface area contributed by atoms with E-state index in [4.69, 9.17) is 5.53 Å². The van der Waals surface area contributed by atoms with Gasteiger partial charge < -0.3 is 0 Å². The van der Waals surface area contributed by atoms with Crippen LogP contribution in [0.3, 0.4) is 0 Å². The summed E-state index contributed by atoms with van der Waals surface area (Å²) >= 11 is 0. The summed E-state index contributed by atoms with van der Waals surface area (Å²) in [5.41, 5.74) is 6.16. The van der Waals surface area contributed by atoms with Crippen LogP contribution in [0.2, 0.25) is 0 Å². The van der Waals surface area contributed by atoms with Gasteiger partial charge in [0, 0.05) is 0 Å². The van der Waals surface area contributed by atoms with Gasteiger partial charge in [-0.3, -0.25) is 0 Å². The fraction of sp³-hybridized carbons (Fsp3) is 1.00. The van der Waals surface area contributed by atoms with Crippen LogP contribution in [-0.4, -0.2) is 6.54 Å². The van der Waals surface area contributed by atoms with Gasteiger partial charge >= 0.3 is 0 Å². The lowest BCUT2D eigenvalue weighted by Crippen LogP contribution is -1.68. The zero-order valence-corrected chi connectivity index (χ0v) is 6.04. The first kappa shape index (κ1) is 9.40. The van der Waals surface area contributed by atoms with Crippen molar-refractivity contribution in [1.29, 1.82) is 5.53 Å². The molecule has 0 fully saturated rings. The van der Waals surface area contributed by atoms with E-state index in [1.165, 1.54) is 0 Å². The zero-order chi connectivity index (χ0) is 8.36. The van der Waals surface area contributed by atoms with Gasteiger partial charge in [0.15, 0.2) is 0 Å². The van der Waals surface area contributed by atoms with Crippen LogP contribution in [0.1, 0.15) is 13.3 Å². The third-order valence-corrected chi connectivity index (χ3v) is 0.592. The molecule has 0 aromatic rings. The van der Waals surface area contributed by atoms with Gasteiger partial charge in [-0.05, 0) is 37.8 Å². The SMILES string of the molecule is CCCN=NN=NN=NN=N. The quantitative estimate of drug-likeness (QED) is 0.466. The molecule has 0 amide bonds. The van der Waals surface area contributed by atoms with Gasteiger partial charge in [-0.2, -0.15) is 10.6 Å². The molecule has 1 N–H and O–H groups in total. The van der Waals surface area contributed by atoms with Crippen LogP contribution in [0, 0.1) is 5.53 Å². The molecule has 0 radical (unpaired) electrons. The molecule has 60 valence electrons. The highest BCUT2D eigenvalue weighted by Gasteiger charge is 1.71. The lowest BCUT2D eigenvalue weighted by atomic mass is 10.5. The summed E-state index contributed by atoms with van der Waals surface area (Å²) < 4.78 is 0. The van der Waals surface area contributed by atoms with Crippen molar-refractivity contribution in [2.45, 2.75) is 13.3 Å². The predicted molar refractivity (Wildman–Crippen MR) is 34.9 cm³/mol. The van der Waals surface area contributed by atoms with Crippen LogP contribution in [0.15, 0.2) is 36.5 Å². The van der Waals surface area contributed by atoms with Crippen LogP contribution in [0.5, 0.6) is 0 Å². The van der Waals surface area contributed by atoms with E-state index < -0.39 is 0 Å². The molecule has 11 heavy (non-hydrogen) atoms. The van der Waals surface area contributed by atoms with E-state index in [-0.39, 0.29) is 0 Å². The summed E-state index contributed by atoms with van der Waals surface area (Å²) in [5.74, 6) is 0. The van der Waals surface area contributed by atoms with E-state index in [2.05, 4.69) is 36.5 Å². The molecular weight excluding hydrogens is 148 g/mol. The maximum Gasteiger partial charge on any atom is 0.0619 e. The lowest BCUT2D eigenvalue weighted by molar-refractivity contribution is 0.761. The second-order valence-corrected chi connectivity index (χ2v) is 1.41. The number of nitrogens with one attached hydrogen (secondary N) is 1. The van der Waals surface area contributed by atoms with Crippen LogP contribution in [0.25, 0.3) is 0 Å². The predicted octanol–water partition coefficient (Wildman–Crippen LogP) is 2.53. The molecule has 0 atom stereocenters. The summed E-state index contributed by atoms with van der Waals surface area (Å²) in [6.07, 6.45) is 0.905. The van der Waals surface area contributed by atoms with Crippen LogP contribution < -0.4 is 0 Å². The van der Waals surface area contributed by atoms with E-state index in [1.54, 1.807) is 0 Å². The van der Waals surface area contributed by atoms with Crippen molar-refractivity contribution in [2.24, 2.45) is 36.5 Å². The third kappa shape index (κ3) is 8.40. The highest BCUT2D eigenvalue weighted by atomic mass is 15.6. The van der Waals surface area contributed by atoms with Gasteiger partial charge in [0.1, 0.15) is 0 Å². The second kappa shape index (κ2) is 8.40. The Morgan fingerprint density at radius 2 is 1.64 bits per heavy atom. The molecule has 0 aromatic carbocycles. The molecule has 0 aliphatic carbocycles. The van der Waals surface area contributed by atoms with Crippen molar-refractivity contribution in [3.63, 3.8) is 0 Å². The van der Waals surface area contributed by atoms with Gasteiger partial charge in [0.05, 0.1) is 6.54 Å². The van der Waals surface area contributed by atoms with Crippen LogP contribution >= 0.6 is 0 Å². The maximum absolute atomic E-state index is 6.16. The average Bonchev–Trinajstić information content (AvgIpc) is 2.03. The largest absolute Gasteiger partial charge is 0.183 e. The first-order valence-corrected chi connectivity index (χ1v) is 2.95. The van der Waals surface area contributed by atoms with Crippen LogP contribution in [0.4, 0.5) is 0 Å². The molecule has 0 aliphatic heterocycles. The topological polar surface area (TPSA) is 110 Å². The Labute approximate surface area is 63.0 Å². The molecule has 8 heteroatoms. The zero-order valence-electron chi connectivity index (χ0n) is 6.04. The first-order valence-electron chi connectivity index (χ1n) is 2.95. The molecule has 0 unspecified atom stereocenters. The maximum atomic E-state index is 6.16. The molecule has 0 rings (SSSR count). The molecule has 0 saturated heterocycles. The van der Waals surface area contributed by atoms with Crippen molar-refractivity contribution in [2.75, 3.05) is 6.54 Å². The van der Waals surface area contributed by atoms with Gasteiger partial charge in [0.2, 0.25) is 0 Å². The third-order valence-electron chi connectivity index (χ3n) is 0.592. The highest BCUT2D eigenvalue weighted by Crippen LogP contribution is 1.84. The van der Waals surface area contributed by atoms with E-state index in [0.29, 0.717) is 6.54 Å². The Morgan fingerprint density at radius 1 is 1.00 bits per heavy atom. The fourth-order valence-corrected chi connectivity index (χ4v) is 0.247. The summed E-state index contributed by atoms with van der Waals surface area (Å²) in [5, 5.41) is 21.4. The minimum atomic E-state index is 0.610. The van der Waals surface area contributed by atoms with E-state index in [9.17, 15) is 0 Å². The summed E-state index contributed by atoms with van der Waals surface area (Å²) in [6, 6.07) is 0. The number of hydrogen-bond acceptors (Lipinski definition) is 2. The summed E-state index contributed by atoms with van der Waals surface area (Å²) in [4.78, 5) is 0. The van der Waals surface area contributed by atoms with Crippen molar-refractivity contribution in [3.8, 4) is 0 Å². The monoisotopic (exact) mass is 156 g/mol. The minimum Gasteiger partial charge on any atom is -0.183 e. The van der Waals surface area contributed by atoms with Crippen molar-refractivity contribution < 1.29 is 0 Å². The fourth-order valence-electron chi connectivity index (χ4n) is 0.247. The average molecular weight is 156 g/mol. The summed E-state index contributed by atoms with van der Waals surface area (Å²) in [7, 11) is 0. The van der Waals surface area contributed by atoms with E-state index >= 15 is 0 Å². The summed E-state index contributed by atoms with van der Waals surface area (Å²) in [6.45, 7) is 2.58. The Bertz CT molecular complexity index is 168. The Balaban J connectivity index is 3.42. The second-order valence-electron chi connectivity index (χ2n) is 1.41. The molecule has 8 nitrogen and oxygen atoms in total. The van der Waals surface area contributed by atoms with Gasteiger partial charge in [-0.1, -0.05) is 6.92 Å². The molecule has 0 heterocycles. The molecular formula is C3H8N8. The molecule has 0 aliphatic rings. The van der Waals surface area contributed by atoms with Crippen molar-refractivity contribution >= 4 is 0 Å². The van der Waals surface area contributed by atoms with Crippen molar-refractivity contribution in [3.05, 3.63) is 0 Å². The van der Waals surface area contributed by atoms with Gasteiger partial charge in [-0.15, -0.1) is 0 Å². The lowest BCUT2D eigenvalue weighted by Gasteiger charge is -1.76. The van der Waals surface area contributed by atoms with Gasteiger partial charge in [-0.25, -0.2) is 0 Å².